The second kappa shape index (κ2) is 7.70. The van der Waals surface area contributed by atoms with E-state index in [1.165, 1.54) is 25.7 Å². The van der Waals surface area contributed by atoms with E-state index >= 15 is 0 Å². The van der Waals surface area contributed by atoms with Gasteiger partial charge in [0.25, 0.3) is 0 Å². The summed E-state index contributed by atoms with van der Waals surface area (Å²) in [6, 6.07) is 10.5. The Kier molecular flexibility index (Phi) is 4.74. The van der Waals surface area contributed by atoms with Crippen LogP contribution >= 0.6 is 0 Å². The van der Waals surface area contributed by atoms with E-state index in [-0.39, 0.29) is 0 Å². The highest BCUT2D eigenvalue weighted by atomic mass is 16.5. The zero-order chi connectivity index (χ0) is 20.5. The number of hydrogen-bond acceptors (Lipinski definition) is 6. The molecule has 0 radical (unpaired) electrons. The SMILES string of the molecule is COc1cc(-c2ccnn2C)ccc1Nc1nc(NC2CCCC2)c2cc[nH]c2n1. The zero-order valence-electron chi connectivity index (χ0n) is 17.1. The van der Waals surface area contributed by atoms with Crippen molar-refractivity contribution in [2.75, 3.05) is 17.7 Å². The van der Waals surface area contributed by atoms with Crippen molar-refractivity contribution in [2.24, 2.45) is 7.05 Å². The van der Waals surface area contributed by atoms with Crippen molar-refractivity contribution in [2.45, 2.75) is 31.7 Å². The summed E-state index contributed by atoms with van der Waals surface area (Å²) in [5, 5.41) is 12.2. The first kappa shape index (κ1) is 18.5. The molecule has 0 aliphatic heterocycles. The molecular formula is C22H25N7O. The Morgan fingerprint density at radius 3 is 2.77 bits per heavy atom. The molecule has 0 atom stereocenters. The van der Waals surface area contributed by atoms with Gasteiger partial charge in [-0.3, -0.25) is 4.68 Å². The minimum atomic E-state index is 0.471. The normalized spacial score (nSPS) is 14.3. The molecule has 4 aromatic rings. The van der Waals surface area contributed by atoms with Crippen LogP contribution in [0.5, 0.6) is 5.75 Å². The number of rotatable bonds is 6. The van der Waals surface area contributed by atoms with Crippen LogP contribution in [0.4, 0.5) is 17.5 Å². The summed E-state index contributed by atoms with van der Waals surface area (Å²) < 4.78 is 7.47. The van der Waals surface area contributed by atoms with Crippen molar-refractivity contribution < 1.29 is 4.74 Å². The van der Waals surface area contributed by atoms with E-state index in [2.05, 4.69) is 25.7 Å². The first-order valence-corrected chi connectivity index (χ1v) is 10.3. The summed E-state index contributed by atoms with van der Waals surface area (Å²) in [5.74, 6) is 2.10. The number of methoxy groups -OCH3 is 1. The van der Waals surface area contributed by atoms with Gasteiger partial charge in [0, 0.05) is 31.0 Å². The molecule has 3 heterocycles. The smallest absolute Gasteiger partial charge is 0.231 e. The van der Waals surface area contributed by atoms with Gasteiger partial charge in [-0.25, -0.2) is 0 Å². The number of benzene rings is 1. The molecule has 0 bridgehead atoms. The number of hydrogen-bond donors (Lipinski definition) is 3. The molecular weight excluding hydrogens is 378 g/mol. The standard InChI is InChI=1S/C22H25N7O/c1-29-18(10-12-24-29)14-7-8-17(19(13-14)30-2)26-22-27-20-16(9-11-23-20)21(28-22)25-15-5-3-4-6-15/h7-13,15H,3-6H2,1-2H3,(H3,23,25,26,27,28). The van der Waals surface area contributed by atoms with Crippen LogP contribution in [0.2, 0.25) is 0 Å². The third kappa shape index (κ3) is 3.45. The fraction of sp³-hybridized carbons (Fsp3) is 0.318. The highest BCUT2D eigenvalue weighted by Crippen LogP contribution is 2.33. The Morgan fingerprint density at radius 2 is 2.00 bits per heavy atom. The average Bonchev–Trinajstić information content (AvgIpc) is 3.50. The lowest BCUT2D eigenvalue weighted by atomic mass is 10.1. The number of nitrogens with zero attached hydrogens (tertiary/aromatic N) is 4. The number of nitrogens with one attached hydrogen (secondary N) is 3. The van der Waals surface area contributed by atoms with Gasteiger partial charge in [0.05, 0.1) is 23.9 Å². The lowest BCUT2D eigenvalue weighted by Crippen LogP contribution is -2.16. The molecule has 30 heavy (non-hydrogen) atoms. The van der Waals surface area contributed by atoms with Gasteiger partial charge < -0.3 is 20.4 Å². The fourth-order valence-corrected chi connectivity index (χ4v) is 4.10. The molecule has 5 rings (SSSR count). The summed E-state index contributed by atoms with van der Waals surface area (Å²) in [4.78, 5) is 12.6. The van der Waals surface area contributed by atoms with Crippen LogP contribution in [-0.2, 0) is 7.05 Å². The van der Waals surface area contributed by atoms with Crippen molar-refractivity contribution in [1.82, 2.24) is 24.7 Å². The van der Waals surface area contributed by atoms with Gasteiger partial charge in [-0.15, -0.1) is 0 Å². The Labute approximate surface area is 174 Å². The quantitative estimate of drug-likeness (QED) is 0.440. The van der Waals surface area contributed by atoms with Gasteiger partial charge in [-0.2, -0.15) is 15.1 Å². The van der Waals surface area contributed by atoms with Crippen LogP contribution in [0, 0.1) is 0 Å². The second-order valence-corrected chi connectivity index (χ2v) is 7.64. The van der Waals surface area contributed by atoms with Gasteiger partial charge >= 0.3 is 0 Å². The molecule has 0 amide bonds. The maximum atomic E-state index is 5.64. The van der Waals surface area contributed by atoms with Gasteiger partial charge in [0.15, 0.2) is 0 Å². The van der Waals surface area contributed by atoms with Gasteiger partial charge in [0.1, 0.15) is 17.2 Å². The van der Waals surface area contributed by atoms with Crippen molar-refractivity contribution in [3.8, 4) is 17.0 Å². The summed E-state index contributed by atoms with van der Waals surface area (Å²) in [6.45, 7) is 0. The zero-order valence-corrected chi connectivity index (χ0v) is 17.1. The van der Waals surface area contributed by atoms with E-state index in [0.717, 1.165) is 33.8 Å². The monoisotopic (exact) mass is 403 g/mol. The van der Waals surface area contributed by atoms with E-state index in [0.29, 0.717) is 17.7 Å². The lowest BCUT2D eigenvalue weighted by Gasteiger charge is -2.16. The minimum Gasteiger partial charge on any atom is -0.495 e. The van der Waals surface area contributed by atoms with Crippen LogP contribution < -0.4 is 15.4 Å². The van der Waals surface area contributed by atoms with E-state index < -0.39 is 0 Å². The molecule has 1 aliphatic rings. The molecule has 1 saturated carbocycles. The topological polar surface area (TPSA) is 92.7 Å². The van der Waals surface area contributed by atoms with Crippen molar-refractivity contribution >= 4 is 28.5 Å². The van der Waals surface area contributed by atoms with Crippen molar-refractivity contribution in [3.63, 3.8) is 0 Å². The Bertz CT molecular complexity index is 1170. The van der Waals surface area contributed by atoms with Crippen LogP contribution in [-0.4, -0.2) is 37.9 Å². The molecule has 154 valence electrons. The summed E-state index contributed by atoms with van der Waals surface area (Å²) >= 11 is 0. The maximum absolute atomic E-state index is 5.64. The molecule has 1 fully saturated rings. The lowest BCUT2D eigenvalue weighted by molar-refractivity contribution is 0.417. The number of fused-ring (bicyclic) bond motifs is 1. The van der Waals surface area contributed by atoms with Gasteiger partial charge in [-0.05, 0) is 37.1 Å². The summed E-state index contributed by atoms with van der Waals surface area (Å²) in [5.41, 5.74) is 3.66. The Morgan fingerprint density at radius 1 is 1.13 bits per heavy atom. The highest BCUT2D eigenvalue weighted by Gasteiger charge is 2.18. The average molecular weight is 403 g/mol. The molecule has 3 aromatic heterocycles. The van der Waals surface area contributed by atoms with Crippen molar-refractivity contribution in [3.05, 3.63) is 42.7 Å². The molecule has 3 N–H and O–H groups in total. The number of aryl methyl sites for hydroxylation is 1. The molecule has 0 unspecified atom stereocenters. The predicted octanol–water partition coefficient (Wildman–Crippen LogP) is 4.47. The van der Waals surface area contributed by atoms with E-state index in [1.807, 2.05) is 48.3 Å². The number of anilines is 3. The predicted molar refractivity (Wildman–Crippen MR) is 118 cm³/mol. The van der Waals surface area contributed by atoms with Gasteiger partial charge in [0.2, 0.25) is 5.95 Å². The molecule has 1 aromatic carbocycles. The molecule has 1 aliphatic carbocycles. The Hall–Kier alpha value is -3.55. The number of H-pyrrole nitrogens is 1. The second-order valence-electron chi connectivity index (χ2n) is 7.64. The molecule has 0 spiro atoms. The number of ether oxygens (including phenoxy) is 1. The van der Waals surface area contributed by atoms with Crippen LogP contribution in [0.3, 0.4) is 0 Å². The third-order valence-corrected chi connectivity index (χ3v) is 5.68. The molecule has 8 heteroatoms. The third-order valence-electron chi connectivity index (χ3n) is 5.68. The summed E-state index contributed by atoms with van der Waals surface area (Å²) in [6.07, 6.45) is 8.58. The highest BCUT2D eigenvalue weighted by molar-refractivity contribution is 5.88. The van der Waals surface area contributed by atoms with E-state index in [9.17, 15) is 0 Å². The molecule has 0 saturated heterocycles. The fourth-order valence-electron chi connectivity index (χ4n) is 4.10. The van der Waals surface area contributed by atoms with Gasteiger partial charge in [-0.1, -0.05) is 18.9 Å². The van der Waals surface area contributed by atoms with E-state index in [4.69, 9.17) is 9.72 Å². The van der Waals surface area contributed by atoms with E-state index in [1.54, 1.807) is 13.3 Å². The first-order valence-electron chi connectivity index (χ1n) is 10.3. The van der Waals surface area contributed by atoms with Crippen LogP contribution in [0.1, 0.15) is 25.7 Å². The largest absolute Gasteiger partial charge is 0.495 e. The molecule has 8 nitrogen and oxygen atoms in total. The van der Waals surface area contributed by atoms with Crippen molar-refractivity contribution in [1.29, 1.82) is 0 Å². The Balaban J connectivity index is 1.47. The number of aromatic nitrogens is 5. The first-order chi connectivity index (χ1) is 14.7. The van der Waals surface area contributed by atoms with Crippen LogP contribution in [0.15, 0.2) is 42.7 Å². The maximum Gasteiger partial charge on any atom is 0.231 e. The van der Waals surface area contributed by atoms with Crippen LogP contribution in [0.25, 0.3) is 22.3 Å². The summed E-state index contributed by atoms with van der Waals surface area (Å²) in [7, 11) is 3.59. The number of aromatic amines is 1. The minimum absolute atomic E-state index is 0.471.